The van der Waals surface area contributed by atoms with E-state index in [0.29, 0.717) is 21.3 Å². The lowest BCUT2D eigenvalue weighted by Crippen LogP contribution is -2.54. The third-order valence-electron chi connectivity index (χ3n) is 6.81. The van der Waals surface area contributed by atoms with Crippen molar-refractivity contribution in [1.82, 2.24) is 10.2 Å². The van der Waals surface area contributed by atoms with Gasteiger partial charge in [0, 0.05) is 47.1 Å². The topological polar surface area (TPSA) is 86.8 Å². The second-order valence-corrected chi connectivity index (χ2v) is 14.7. The molecule has 0 saturated carbocycles. The molecule has 43 heavy (non-hydrogen) atoms. The number of benzene rings is 3. The van der Waals surface area contributed by atoms with Crippen LogP contribution in [0, 0.1) is 13.8 Å². The van der Waals surface area contributed by atoms with Gasteiger partial charge in [0.15, 0.2) is 0 Å². The molecule has 0 unspecified atom stereocenters. The monoisotopic (exact) mass is 645 g/mol. The molecule has 232 valence electrons. The number of nitrogens with one attached hydrogen (secondary N) is 1. The van der Waals surface area contributed by atoms with E-state index in [4.69, 9.17) is 23.2 Å². The molecule has 1 N–H and O–H groups in total. The fraction of sp³-hybridized carbons (Fsp3) is 0.394. The highest BCUT2D eigenvalue weighted by Gasteiger charge is 2.33. The SMILES string of the molecule is Cc1cc(C)cc(N(CCCC(=O)N(Cc2c(Cl)cccc2Cl)[C@@H](Cc2ccccc2)C(=O)NC(C)(C)C)S(C)(=O)=O)c1. The number of sulfonamides is 1. The van der Waals surface area contributed by atoms with E-state index in [-0.39, 0.29) is 44.2 Å². The zero-order valence-electron chi connectivity index (χ0n) is 25.7. The minimum Gasteiger partial charge on any atom is -0.350 e. The summed E-state index contributed by atoms with van der Waals surface area (Å²) in [5, 5.41) is 3.80. The minimum absolute atomic E-state index is 0.00692. The number of nitrogens with zero attached hydrogens (tertiary/aromatic N) is 2. The molecule has 2 amide bonds. The lowest BCUT2D eigenvalue weighted by molar-refractivity contribution is -0.142. The Balaban J connectivity index is 1.96. The molecule has 0 spiro atoms. The molecule has 0 bridgehead atoms. The van der Waals surface area contributed by atoms with E-state index in [2.05, 4.69) is 5.32 Å². The van der Waals surface area contributed by atoms with Gasteiger partial charge in [0.1, 0.15) is 6.04 Å². The smallest absolute Gasteiger partial charge is 0.243 e. The van der Waals surface area contributed by atoms with Gasteiger partial charge in [0.05, 0.1) is 11.9 Å². The summed E-state index contributed by atoms with van der Waals surface area (Å²) < 4.78 is 26.8. The quantitative estimate of drug-likeness (QED) is 0.237. The summed E-state index contributed by atoms with van der Waals surface area (Å²) >= 11 is 13.0. The number of hydrogen-bond acceptors (Lipinski definition) is 4. The fourth-order valence-corrected chi connectivity index (χ4v) is 6.43. The Hall–Kier alpha value is -3.07. The Morgan fingerprint density at radius 3 is 2.02 bits per heavy atom. The molecule has 0 aliphatic heterocycles. The number of carbonyl (C=O) groups excluding carboxylic acids is 2. The largest absolute Gasteiger partial charge is 0.350 e. The summed E-state index contributed by atoms with van der Waals surface area (Å²) in [6, 6.07) is 19.3. The molecule has 0 fully saturated rings. The van der Waals surface area contributed by atoms with Crippen LogP contribution in [0.25, 0.3) is 0 Å². The summed E-state index contributed by atoms with van der Waals surface area (Å²) in [5.41, 5.74) is 3.32. The highest BCUT2D eigenvalue weighted by atomic mass is 35.5. The van der Waals surface area contributed by atoms with Crippen molar-refractivity contribution in [3.63, 3.8) is 0 Å². The van der Waals surface area contributed by atoms with Crippen molar-refractivity contribution < 1.29 is 18.0 Å². The van der Waals surface area contributed by atoms with Crippen molar-refractivity contribution in [2.75, 3.05) is 17.1 Å². The van der Waals surface area contributed by atoms with Crippen LogP contribution in [0.3, 0.4) is 0 Å². The molecule has 1 atom stereocenters. The van der Waals surface area contributed by atoms with E-state index in [0.717, 1.165) is 22.9 Å². The van der Waals surface area contributed by atoms with E-state index in [9.17, 15) is 18.0 Å². The lowest BCUT2D eigenvalue weighted by atomic mass is 10.00. The molecule has 0 aromatic heterocycles. The fourth-order valence-electron chi connectivity index (χ4n) is 4.96. The number of rotatable bonds is 12. The Kier molecular flexibility index (Phi) is 11.7. The summed E-state index contributed by atoms with van der Waals surface area (Å²) in [5.74, 6) is -0.615. The first-order valence-corrected chi connectivity index (χ1v) is 16.8. The van der Waals surface area contributed by atoms with Crippen molar-refractivity contribution >= 4 is 50.7 Å². The average Bonchev–Trinajstić information content (AvgIpc) is 2.88. The number of hydrogen-bond donors (Lipinski definition) is 1. The number of amides is 2. The lowest BCUT2D eigenvalue weighted by Gasteiger charge is -2.34. The third kappa shape index (κ3) is 10.3. The Bertz CT molecular complexity index is 1500. The average molecular weight is 647 g/mol. The van der Waals surface area contributed by atoms with Crippen LogP contribution in [0.5, 0.6) is 0 Å². The van der Waals surface area contributed by atoms with E-state index >= 15 is 0 Å². The molecule has 0 aliphatic carbocycles. The first kappa shape index (κ1) is 34.4. The second kappa shape index (κ2) is 14.6. The van der Waals surface area contributed by atoms with Gasteiger partial charge in [-0.3, -0.25) is 13.9 Å². The number of aryl methyl sites for hydroxylation is 2. The van der Waals surface area contributed by atoms with Gasteiger partial charge in [-0.15, -0.1) is 0 Å². The predicted octanol–water partition coefficient (Wildman–Crippen LogP) is 6.71. The van der Waals surface area contributed by atoms with Crippen LogP contribution >= 0.6 is 23.2 Å². The predicted molar refractivity (Wildman–Crippen MR) is 176 cm³/mol. The van der Waals surface area contributed by atoms with Crippen molar-refractivity contribution in [2.24, 2.45) is 0 Å². The van der Waals surface area contributed by atoms with Crippen LogP contribution in [-0.4, -0.2) is 49.5 Å². The molecule has 10 heteroatoms. The van der Waals surface area contributed by atoms with Crippen LogP contribution in [0.2, 0.25) is 10.0 Å². The molecule has 7 nitrogen and oxygen atoms in total. The maximum absolute atomic E-state index is 14.0. The molecule has 0 aliphatic rings. The van der Waals surface area contributed by atoms with Crippen molar-refractivity contribution in [1.29, 1.82) is 0 Å². The van der Waals surface area contributed by atoms with Gasteiger partial charge in [0.2, 0.25) is 21.8 Å². The molecule has 0 radical (unpaired) electrons. The minimum atomic E-state index is -3.61. The van der Waals surface area contributed by atoms with E-state index < -0.39 is 21.6 Å². The number of halogens is 2. The third-order valence-corrected chi connectivity index (χ3v) is 8.71. The van der Waals surface area contributed by atoms with Crippen LogP contribution < -0.4 is 9.62 Å². The van der Waals surface area contributed by atoms with Gasteiger partial charge in [-0.25, -0.2) is 8.42 Å². The van der Waals surface area contributed by atoms with Gasteiger partial charge in [-0.05, 0) is 82.0 Å². The maximum atomic E-state index is 14.0. The zero-order valence-corrected chi connectivity index (χ0v) is 28.0. The highest BCUT2D eigenvalue weighted by Crippen LogP contribution is 2.28. The van der Waals surface area contributed by atoms with Crippen molar-refractivity contribution in [3.05, 3.63) is 99.0 Å². The zero-order chi connectivity index (χ0) is 31.9. The van der Waals surface area contributed by atoms with E-state index in [1.165, 1.54) is 9.21 Å². The molecule has 3 rings (SSSR count). The molecular weight excluding hydrogens is 605 g/mol. The van der Waals surface area contributed by atoms with E-state index in [1.54, 1.807) is 18.2 Å². The van der Waals surface area contributed by atoms with Gasteiger partial charge in [-0.2, -0.15) is 0 Å². The molecular formula is C33H41Cl2N3O4S. The Labute approximate surface area is 266 Å². The van der Waals surface area contributed by atoms with Crippen LogP contribution in [0.1, 0.15) is 55.9 Å². The van der Waals surface area contributed by atoms with Crippen molar-refractivity contribution in [3.8, 4) is 0 Å². The molecule has 3 aromatic rings. The molecule has 0 heterocycles. The number of anilines is 1. The van der Waals surface area contributed by atoms with Crippen LogP contribution in [0.15, 0.2) is 66.7 Å². The van der Waals surface area contributed by atoms with Gasteiger partial charge < -0.3 is 10.2 Å². The van der Waals surface area contributed by atoms with Crippen molar-refractivity contribution in [2.45, 2.75) is 72.0 Å². The van der Waals surface area contributed by atoms with Gasteiger partial charge in [-0.1, -0.05) is 65.7 Å². The van der Waals surface area contributed by atoms with E-state index in [1.807, 2.05) is 83.1 Å². The van der Waals surface area contributed by atoms with Gasteiger partial charge in [0.25, 0.3) is 0 Å². The first-order chi connectivity index (χ1) is 20.0. The highest BCUT2D eigenvalue weighted by molar-refractivity contribution is 7.92. The normalized spacial score (nSPS) is 12.5. The Morgan fingerprint density at radius 1 is 0.907 bits per heavy atom. The summed E-state index contributed by atoms with van der Waals surface area (Å²) in [7, 11) is -3.61. The number of carbonyl (C=O) groups is 2. The summed E-state index contributed by atoms with van der Waals surface area (Å²) in [6.45, 7) is 9.59. The van der Waals surface area contributed by atoms with Crippen LogP contribution in [-0.2, 0) is 32.6 Å². The maximum Gasteiger partial charge on any atom is 0.243 e. The first-order valence-electron chi connectivity index (χ1n) is 14.2. The second-order valence-electron chi connectivity index (χ2n) is 12.0. The Morgan fingerprint density at radius 2 is 1.49 bits per heavy atom. The standard InChI is InChI=1S/C33H41Cl2N3O4S/c1-23-18-24(2)20-26(19-23)38(43(6,41)42)17-11-16-31(39)37(22-27-28(34)14-10-15-29(27)35)30(32(40)36-33(3,4)5)21-25-12-8-7-9-13-25/h7-10,12-15,18-20,30H,11,16-17,21-22H2,1-6H3,(H,36,40)/t30-/m0/s1. The van der Waals surface area contributed by atoms with Gasteiger partial charge >= 0.3 is 0 Å². The molecule has 3 aromatic carbocycles. The molecule has 0 saturated heterocycles. The van der Waals surface area contributed by atoms with Crippen LogP contribution in [0.4, 0.5) is 5.69 Å². The summed E-state index contributed by atoms with van der Waals surface area (Å²) in [6.07, 6.45) is 1.68. The summed E-state index contributed by atoms with van der Waals surface area (Å²) in [4.78, 5) is 29.3.